The molecule has 4 heteroatoms. The van der Waals surface area contributed by atoms with Gasteiger partial charge in [0.2, 0.25) is 5.91 Å². The summed E-state index contributed by atoms with van der Waals surface area (Å²) in [5.41, 5.74) is 2.43. The van der Waals surface area contributed by atoms with Crippen molar-refractivity contribution in [1.82, 2.24) is 5.32 Å². The zero-order valence-corrected chi connectivity index (χ0v) is 12.4. The van der Waals surface area contributed by atoms with E-state index in [-0.39, 0.29) is 5.91 Å². The second-order valence-corrected chi connectivity index (χ2v) is 5.36. The molecule has 0 unspecified atom stereocenters. The standard InChI is InChI=1S/C16H19NO2S/c1-19-15-5-2-13(3-6-15)4-7-16(18)17-10-8-14-9-11-20-12-14/h2-3,5-6,9,11-12H,4,7-8,10H2,1H3,(H,17,18). The van der Waals surface area contributed by atoms with Crippen LogP contribution in [0.3, 0.4) is 0 Å². The molecule has 0 saturated carbocycles. The molecule has 0 spiro atoms. The van der Waals surface area contributed by atoms with Crippen molar-refractivity contribution in [1.29, 1.82) is 0 Å². The van der Waals surface area contributed by atoms with Crippen LogP contribution in [0.15, 0.2) is 41.1 Å². The van der Waals surface area contributed by atoms with Crippen LogP contribution in [0.1, 0.15) is 17.5 Å². The van der Waals surface area contributed by atoms with Crippen LogP contribution < -0.4 is 10.1 Å². The summed E-state index contributed by atoms with van der Waals surface area (Å²) in [6.45, 7) is 0.707. The van der Waals surface area contributed by atoms with Gasteiger partial charge in [0, 0.05) is 13.0 Å². The minimum atomic E-state index is 0.107. The number of thiophene rings is 1. The Bertz CT molecular complexity index is 520. The van der Waals surface area contributed by atoms with E-state index in [1.807, 2.05) is 24.3 Å². The van der Waals surface area contributed by atoms with Crippen molar-refractivity contribution in [2.45, 2.75) is 19.3 Å². The molecule has 1 amide bonds. The van der Waals surface area contributed by atoms with Gasteiger partial charge in [0.15, 0.2) is 0 Å². The molecule has 106 valence electrons. The van der Waals surface area contributed by atoms with E-state index < -0.39 is 0 Å². The molecule has 0 saturated heterocycles. The lowest BCUT2D eigenvalue weighted by atomic mass is 10.1. The Morgan fingerprint density at radius 3 is 2.60 bits per heavy atom. The number of aryl methyl sites for hydroxylation is 1. The third-order valence-corrected chi connectivity index (χ3v) is 3.85. The van der Waals surface area contributed by atoms with Crippen LogP contribution >= 0.6 is 11.3 Å². The second-order valence-electron chi connectivity index (χ2n) is 4.58. The van der Waals surface area contributed by atoms with Gasteiger partial charge in [-0.25, -0.2) is 0 Å². The minimum Gasteiger partial charge on any atom is -0.497 e. The minimum absolute atomic E-state index is 0.107. The number of hydrogen-bond donors (Lipinski definition) is 1. The lowest BCUT2D eigenvalue weighted by Crippen LogP contribution is -2.25. The number of carbonyl (C=O) groups is 1. The third-order valence-electron chi connectivity index (χ3n) is 3.12. The molecule has 20 heavy (non-hydrogen) atoms. The molecule has 1 N–H and O–H groups in total. The van der Waals surface area contributed by atoms with Gasteiger partial charge in [-0.05, 0) is 52.9 Å². The van der Waals surface area contributed by atoms with Gasteiger partial charge in [0.1, 0.15) is 5.75 Å². The van der Waals surface area contributed by atoms with E-state index in [2.05, 4.69) is 22.1 Å². The number of amides is 1. The maximum atomic E-state index is 11.7. The van der Waals surface area contributed by atoms with Crippen molar-refractivity contribution in [3.8, 4) is 5.75 Å². The quantitative estimate of drug-likeness (QED) is 0.851. The van der Waals surface area contributed by atoms with Crippen LogP contribution in [0, 0.1) is 0 Å². The zero-order chi connectivity index (χ0) is 14.2. The summed E-state index contributed by atoms with van der Waals surface area (Å²) in [6, 6.07) is 9.93. The molecule has 0 atom stereocenters. The summed E-state index contributed by atoms with van der Waals surface area (Å²) in [7, 11) is 1.65. The normalized spacial score (nSPS) is 10.2. The van der Waals surface area contributed by atoms with Gasteiger partial charge in [-0.2, -0.15) is 11.3 Å². The van der Waals surface area contributed by atoms with Gasteiger partial charge >= 0.3 is 0 Å². The molecule has 2 aromatic rings. The largest absolute Gasteiger partial charge is 0.497 e. The van der Waals surface area contributed by atoms with Crippen molar-refractivity contribution in [3.05, 3.63) is 52.2 Å². The van der Waals surface area contributed by atoms with E-state index in [1.54, 1.807) is 18.4 Å². The summed E-state index contributed by atoms with van der Waals surface area (Å²) in [6.07, 6.45) is 2.18. The summed E-state index contributed by atoms with van der Waals surface area (Å²) >= 11 is 1.69. The molecule has 0 aliphatic rings. The van der Waals surface area contributed by atoms with Crippen molar-refractivity contribution in [3.63, 3.8) is 0 Å². The molecule has 1 aromatic carbocycles. The average molecular weight is 289 g/mol. The highest BCUT2D eigenvalue weighted by molar-refractivity contribution is 7.07. The third kappa shape index (κ3) is 4.70. The van der Waals surface area contributed by atoms with Crippen LogP contribution in [0.2, 0.25) is 0 Å². The molecule has 0 aliphatic carbocycles. The SMILES string of the molecule is COc1ccc(CCC(=O)NCCc2ccsc2)cc1. The van der Waals surface area contributed by atoms with Gasteiger partial charge in [-0.1, -0.05) is 12.1 Å². The van der Waals surface area contributed by atoms with E-state index >= 15 is 0 Å². The Hall–Kier alpha value is -1.81. The molecule has 0 radical (unpaired) electrons. The molecule has 0 fully saturated rings. The van der Waals surface area contributed by atoms with E-state index in [0.29, 0.717) is 13.0 Å². The number of nitrogens with one attached hydrogen (secondary N) is 1. The lowest BCUT2D eigenvalue weighted by molar-refractivity contribution is -0.121. The Kier molecular flexibility index (Phi) is 5.62. The first kappa shape index (κ1) is 14.6. The van der Waals surface area contributed by atoms with Crippen molar-refractivity contribution in [2.75, 3.05) is 13.7 Å². The first-order chi connectivity index (χ1) is 9.78. The predicted molar refractivity (Wildman–Crippen MR) is 82.3 cm³/mol. The Morgan fingerprint density at radius 1 is 1.15 bits per heavy atom. The zero-order valence-electron chi connectivity index (χ0n) is 11.6. The van der Waals surface area contributed by atoms with Crippen LogP contribution in [0.4, 0.5) is 0 Å². The smallest absolute Gasteiger partial charge is 0.220 e. The number of benzene rings is 1. The fourth-order valence-electron chi connectivity index (χ4n) is 1.92. The van der Waals surface area contributed by atoms with E-state index in [9.17, 15) is 4.79 Å². The van der Waals surface area contributed by atoms with Crippen molar-refractivity contribution >= 4 is 17.2 Å². The summed E-state index contributed by atoms with van der Waals surface area (Å²) in [5.74, 6) is 0.949. The molecular formula is C16H19NO2S. The maximum absolute atomic E-state index is 11.7. The Morgan fingerprint density at radius 2 is 1.95 bits per heavy atom. The monoisotopic (exact) mass is 289 g/mol. The topological polar surface area (TPSA) is 38.3 Å². The van der Waals surface area contributed by atoms with Gasteiger partial charge in [0.25, 0.3) is 0 Å². The maximum Gasteiger partial charge on any atom is 0.220 e. The van der Waals surface area contributed by atoms with Gasteiger partial charge < -0.3 is 10.1 Å². The number of hydrogen-bond acceptors (Lipinski definition) is 3. The predicted octanol–water partition coefficient (Wildman–Crippen LogP) is 3.05. The Labute approximate surface area is 123 Å². The van der Waals surface area contributed by atoms with Crippen LogP contribution in [-0.2, 0) is 17.6 Å². The fraction of sp³-hybridized carbons (Fsp3) is 0.312. The summed E-state index contributed by atoms with van der Waals surface area (Å²) < 4.78 is 5.10. The van der Waals surface area contributed by atoms with Crippen LogP contribution in [0.25, 0.3) is 0 Å². The highest BCUT2D eigenvalue weighted by Gasteiger charge is 2.02. The first-order valence-electron chi connectivity index (χ1n) is 6.68. The fourth-order valence-corrected chi connectivity index (χ4v) is 2.62. The van der Waals surface area contributed by atoms with Gasteiger partial charge in [-0.3, -0.25) is 4.79 Å². The highest BCUT2D eigenvalue weighted by atomic mass is 32.1. The highest BCUT2D eigenvalue weighted by Crippen LogP contribution is 2.12. The molecular weight excluding hydrogens is 270 g/mol. The lowest BCUT2D eigenvalue weighted by Gasteiger charge is -2.05. The summed E-state index contributed by atoms with van der Waals surface area (Å²) in [5, 5.41) is 7.13. The molecule has 1 aromatic heterocycles. The Balaban J connectivity index is 1.66. The van der Waals surface area contributed by atoms with E-state index in [1.165, 1.54) is 5.56 Å². The molecule has 1 heterocycles. The molecule has 0 bridgehead atoms. The first-order valence-corrected chi connectivity index (χ1v) is 7.63. The number of ether oxygens (including phenoxy) is 1. The number of carbonyl (C=O) groups excluding carboxylic acids is 1. The van der Waals surface area contributed by atoms with Gasteiger partial charge in [0.05, 0.1) is 7.11 Å². The van der Waals surface area contributed by atoms with Crippen molar-refractivity contribution < 1.29 is 9.53 Å². The molecule has 2 rings (SSSR count). The second kappa shape index (κ2) is 7.70. The van der Waals surface area contributed by atoms with Crippen molar-refractivity contribution in [2.24, 2.45) is 0 Å². The van der Waals surface area contributed by atoms with E-state index in [4.69, 9.17) is 4.74 Å². The summed E-state index contributed by atoms with van der Waals surface area (Å²) in [4.78, 5) is 11.7. The van der Waals surface area contributed by atoms with Gasteiger partial charge in [-0.15, -0.1) is 0 Å². The van der Waals surface area contributed by atoms with Crippen LogP contribution in [0.5, 0.6) is 5.75 Å². The average Bonchev–Trinajstić information content (AvgIpc) is 2.99. The molecule has 0 aliphatic heterocycles. The van der Waals surface area contributed by atoms with Crippen LogP contribution in [-0.4, -0.2) is 19.6 Å². The molecule has 3 nitrogen and oxygen atoms in total. The number of rotatable bonds is 7. The van der Waals surface area contributed by atoms with E-state index in [0.717, 1.165) is 24.2 Å². The number of methoxy groups -OCH3 is 1.